The van der Waals surface area contributed by atoms with Gasteiger partial charge in [0.15, 0.2) is 0 Å². The summed E-state index contributed by atoms with van der Waals surface area (Å²) < 4.78 is 19.0. The minimum atomic E-state index is -0.620. The Morgan fingerprint density at radius 1 is 1.11 bits per heavy atom. The van der Waals surface area contributed by atoms with E-state index in [0.717, 1.165) is 5.56 Å². The third kappa shape index (κ3) is 4.57. The van der Waals surface area contributed by atoms with Crippen LogP contribution in [0.5, 0.6) is 0 Å². The molecule has 0 aliphatic carbocycles. The summed E-state index contributed by atoms with van der Waals surface area (Å²) in [5.74, 6) is -0.555. The van der Waals surface area contributed by atoms with Gasteiger partial charge in [-0.2, -0.15) is 0 Å². The van der Waals surface area contributed by atoms with Crippen molar-refractivity contribution in [3.63, 3.8) is 0 Å². The maximum atomic E-state index is 14.0. The first kappa shape index (κ1) is 20.0. The molecule has 0 bridgehead atoms. The Balaban J connectivity index is 1.86. The van der Waals surface area contributed by atoms with Crippen molar-refractivity contribution >= 4 is 11.8 Å². The van der Waals surface area contributed by atoms with Gasteiger partial charge < -0.3 is 14.5 Å². The lowest BCUT2D eigenvalue weighted by molar-refractivity contribution is -0.157. The molecule has 1 atom stereocenters. The Morgan fingerprint density at radius 3 is 2.54 bits per heavy atom. The smallest absolute Gasteiger partial charge is 0.246 e. The van der Waals surface area contributed by atoms with Crippen LogP contribution in [0.1, 0.15) is 16.7 Å². The second-order valence-corrected chi connectivity index (χ2v) is 7.06. The number of hydrogen-bond acceptors (Lipinski definition) is 3. The van der Waals surface area contributed by atoms with Gasteiger partial charge >= 0.3 is 0 Å². The van der Waals surface area contributed by atoms with Crippen LogP contribution in [0.3, 0.4) is 0 Å². The number of hydrogen-bond donors (Lipinski definition) is 0. The molecule has 0 radical (unpaired) electrons. The van der Waals surface area contributed by atoms with Gasteiger partial charge in [0.25, 0.3) is 0 Å². The minimum absolute atomic E-state index is 0.0157. The van der Waals surface area contributed by atoms with Crippen molar-refractivity contribution in [1.29, 1.82) is 0 Å². The van der Waals surface area contributed by atoms with Gasteiger partial charge in [-0.15, -0.1) is 0 Å². The summed E-state index contributed by atoms with van der Waals surface area (Å²) in [6.07, 6.45) is 0.420. The second-order valence-electron chi connectivity index (χ2n) is 7.06. The number of methoxy groups -OCH3 is 1. The number of ether oxygens (including phenoxy) is 1. The Morgan fingerprint density at radius 2 is 1.86 bits per heavy atom. The summed E-state index contributed by atoms with van der Waals surface area (Å²) >= 11 is 0. The van der Waals surface area contributed by atoms with E-state index in [1.165, 1.54) is 6.07 Å². The van der Waals surface area contributed by atoms with Gasteiger partial charge in [-0.25, -0.2) is 4.39 Å². The highest BCUT2D eigenvalue weighted by molar-refractivity contribution is 5.95. The molecular formula is C22H25FN2O3. The number of amides is 2. The molecule has 2 aromatic rings. The van der Waals surface area contributed by atoms with Crippen LogP contribution < -0.4 is 0 Å². The van der Waals surface area contributed by atoms with Gasteiger partial charge in [-0.05, 0) is 29.7 Å². The van der Waals surface area contributed by atoms with E-state index in [9.17, 15) is 14.0 Å². The first-order valence-corrected chi connectivity index (χ1v) is 9.35. The van der Waals surface area contributed by atoms with Crippen molar-refractivity contribution in [2.45, 2.75) is 25.9 Å². The van der Waals surface area contributed by atoms with Crippen LogP contribution in [0, 0.1) is 12.7 Å². The van der Waals surface area contributed by atoms with E-state index >= 15 is 0 Å². The van der Waals surface area contributed by atoms with E-state index in [1.54, 1.807) is 36.0 Å². The molecule has 1 aliphatic rings. The van der Waals surface area contributed by atoms with Crippen molar-refractivity contribution in [2.24, 2.45) is 0 Å². The molecular weight excluding hydrogens is 359 g/mol. The number of nitrogens with zero attached hydrogens (tertiary/aromatic N) is 2. The molecule has 1 saturated heterocycles. The quantitative estimate of drug-likeness (QED) is 0.737. The molecule has 2 amide bonds. The Labute approximate surface area is 164 Å². The van der Waals surface area contributed by atoms with Gasteiger partial charge in [0.2, 0.25) is 11.8 Å². The van der Waals surface area contributed by atoms with Gasteiger partial charge in [0, 0.05) is 26.6 Å². The Hall–Kier alpha value is -2.73. The van der Waals surface area contributed by atoms with E-state index in [0.29, 0.717) is 30.7 Å². The predicted octanol–water partition coefficient (Wildman–Crippen LogP) is 2.56. The van der Waals surface area contributed by atoms with Gasteiger partial charge in [0.1, 0.15) is 11.9 Å². The molecule has 0 unspecified atom stereocenters. The van der Waals surface area contributed by atoms with Crippen molar-refractivity contribution < 1.29 is 18.7 Å². The topological polar surface area (TPSA) is 49.9 Å². The molecule has 2 aromatic carbocycles. The van der Waals surface area contributed by atoms with Crippen molar-refractivity contribution in [2.75, 3.05) is 26.8 Å². The highest BCUT2D eigenvalue weighted by atomic mass is 19.1. The average molecular weight is 384 g/mol. The lowest BCUT2D eigenvalue weighted by Gasteiger charge is -2.40. The number of benzene rings is 2. The molecule has 6 heteroatoms. The summed E-state index contributed by atoms with van der Waals surface area (Å²) in [7, 11) is 1.57. The minimum Gasteiger partial charge on any atom is -0.383 e. The summed E-state index contributed by atoms with van der Waals surface area (Å²) in [6.45, 7) is 2.67. The fraction of sp³-hybridized carbons (Fsp3) is 0.364. The molecule has 0 aromatic heterocycles. The van der Waals surface area contributed by atoms with Gasteiger partial charge in [-0.1, -0.05) is 42.5 Å². The molecule has 5 nitrogen and oxygen atoms in total. The van der Waals surface area contributed by atoms with Crippen LogP contribution in [0.25, 0.3) is 0 Å². The fourth-order valence-corrected chi connectivity index (χ4v) is 3.41. The summed E-state index contributed by atoms with van der Waals surface area (Å²) in [6, 6.07) is 13.9. The summed E-state index contributed by atoms with van der Waals surface area (Å²) in [5.41, 5.74) is 2.20. The number of piperazine rings is 1. The number of carbonyl (C=O) groups is 2. The maximum absolute atomic E-state index is 14.0. The predicted molar refractivity (Wildman–Crippen MR) is 104 cm³/mol. The molecule has 1 aliphatic heterocycles. The van der Waals surface area contributed by atoms with Crippen molar-refractivity contribution in [1.82, 2.24) is 9.80 Å². The fourth-order valence-electron chi connectivity index (χ4n) is 3.41. The first-order valence-electron chi connectivity index (χ1n) is 9.35. The van der Waals surface area contributed by atoms with Crippen LogP contribution in [0.2, 0.25) is 0 Å². The standard InChI is InChI=1S/C22H25FN2O3/c1-16-8-9-18(12-19(16)23)14-25-20(13-17-6-4-3-5-7-17)22(27)24(10-11-28-2)15-21(25)26/h3-9,12,20H,10-11,13-15H2,1-2H3/t20-/m1/s1. The van der Waals surface area contributed by atoms with E-state index in [4.69, 9.17) is 4.74 Å². The van der Waals surface area contributed by atoms with Crippen LogP contribution in [-0.2, 0) is 27.3 Å². The number of aryl methyl sites for hydroxylation is 1. The highest BCUT2D eigenvalue weighted by Gasteiger charge is 2.39. The number of rotatable bonds is 7. The number of halogens is 1. The SMILES string of the molecule is COCCN1CC(=O)N(Cc2ccc(C)c(F)c2)[C@H](Cc2ccccc2)C1=O. The normalized spacial score (nSPS) is 17.3. The zero-order chi connectivity index (χ0) is 20.1. The molecule has 28 heavy (non-hydrogen) atoms. The molecule has 0 N–H and O–H groups in total. The third-order valence-corrected chi connectivity index (χ3v) is 5.05. The third-order valence-electron chi connectivity index (χ3n) is 5.05. The van der Waals surface area contributed by atoms with Gasteiger partial charge in [0.05, 0.1) is 13.2 Å². The van der Waals surface area contributed by atoms with Crippen molar-refractivity contribution in [3.05, 3.63) is 71.0 Å². The zero-order valence-electron chi connectivity index (χ0n) is 16.2. The lowest BCUT2D eigenvalue weighted by Crippen LogP contribution is -2.60. The number of carbonyl (C=O) groups excluding carboxylic acids is 2. The van der Waals surface area contributed by atoms with E-state index in [-0.39, 0.29) is 30.7 Å². The molecule has 148 valence electrons. The Kier molecular flexibility index (Phi) is 6.41. The second kappa shape index (κ2) is 8.97. The maximum Gasteiger partial charge on any atom is 0.246 e. The van der Waals surface area contributed by atoms with Crippen molar-refractivity contribution in [3.8, 4) is 0 Å². The monoisotopic (exact) mass is 384 g/mol. The van der Waals surface area contributed by atoms with Crippen LogP contribution in [-0.4, -0.2) is 54.5 Å². The van der Waals surface area contributed by atoms with E-state index in [2.05, 4.69) is 0 Å². The summed E-state index contributed by atoms with van der Waals surface area (Å²) in [4.78, 5) is 29.1. The molecule has 0 spiro atoms. The Bertz CT molecular complexity index is 841. The largest absolute Gasteiger partial charge is 0.383 e. The first-order chi connectivity index (χ1) is 13.5. The summed E-state index contributed by atoms with van der Waals surface area (Å²) in [5, 5.41) is 0. The van der Waals surface area contributed by atoms with E-state index in [1.807, 2.05) is 30.3 Å². The van der Waals surface area contributed by atoms with Crippen LogP contribution in [0.15, 0.2) is 48.5 Å². The molecule has 3 rings (SSSR count). The zero-order valence-corrected chi connectivity index (χ0v) is 16.2. The lowest BCUT2D eigenvalue weighted by atomic mass is 9.99. The molecule has 1 fully saturated rings. The van der Waals surface area contributed by atoms with Crippen LogP contribution >= 0.6 is 0 Å². The molecule has 1 heterocycles. The van der Waals surface area contributed by atoms with Gasteiger partial charge in [-0.3, -0.25) is 9.59 Å². The highest BCUT2D eigenvalue weighted by Crippen LogP contribution is 2.21. The molecule has 0 saturated carbocycles. The van der Waals surface area contributed by atoms with E-state index < -0.39 is 6.04 Å². The average Bonchev–Trinajstić information content (AvgIpc) is 2.69. The van der Waals surface area contributed by atoms with Crippen LogP contribution in [0.4, 0.5) is 4.39 Å².